The normalized spacial score (nSPS) is 47.0. The quantitative estimate of drug-likeness (QED) is 0.245. The van der Waals surface area contributed by atoms with Gasteiger partial charge in [0.05, 0.1) is 0 Å². The molecule has 12 nitrogen and oxygen atoms in total. The van der Waals surface area contributed by atoms with Crippen LogP contribution >= 0.6 is 0 Å². The summed E-state index contributed by atoms with van der Waals surface area (Å²) in [6.45, 7) is 0. The molecule has 5 saturated heterocycles. The molecule has 120 valence electrons. The summed E-state index contributed by atoms with van der Waals surface area (Å²) in [6.07, 6.45) is -6.06. The van der Waals surface area contributed by atoms with Crippen molar-refractivity contribution >= 4 is 168 Å². The second-order valence-corrected chi connectivity index (χ2v) is 14.2. The van der Waals surface area contributed by atoms with Gasteiger partial charge in [-0.3, -0.25) is 0 Å². The van der Waals surface area contributed by atoms with E-state index in [1.165, 1.54) is 0 Å². The number of rotatable bonds is 0. The van der Waals surface area contributed by atoms with Crippen LogP contribution in [-0.2, 0) is 43.3 Å². The Morgan fingerprint density at radius 3 is 0.917 bits per heavy atom. The van der Waals surface area contributed by atoms with E-state index in [4.69, 9.17) is 24.1 Å². The zero-order chi connectivity index (χ0) is 15.3. The van der Waals surface area contributed by atoms with Crippen LogP contribution in [0.2, 0.25) is 0 Å². The third kappa shape index (κ3) is 3.10. The van der Waals surface area contributed by atoms with Gasteiger partial charge in [-0.25, -0.2) is 0 Å². The fourth-order valence-electron chi connectivity index (χ4n) is 2.35. The molecule has 0 saturated carbocycles. The van der Waals surface area contributed by atoms with E-state index < -0.39 is 89.3 Å². The van der Waals surface area contributed by atoms with E-state index in [1.807, 2.05) is 0 Å². The first kappa shape index (κ1) is 21.3. The van der Waals surface area contributed by atoms with Crippen molar-refractivity contribution in [2.45, 2.75) is 24.4 Å². The van der Waals surface area contributed by atoms with Crippen LogP contribution < -0.4 is 0 Å². The Morgan fingerprint density at radius 2 is 0.708 bits per heavy atom. The van der Waals surface area contributed by atoms with E-state index in [2.05, 4.69) is 0 Å². The molecule has 5 aliphatic heterocycles. The molecule has 5 rings (SSSR count). The molecule has 4 radical (unpaired) electrons. The average molecular weight is 614 g/mol. The summed E-state index contributed by atoms with van der Waals surface area (Å²) in [5.74, 6) is -3.86. The van der Waals surface area contributed by atoms with E-state index in [1.54, 1.807) is 0 Å². The predicted octanol–water partition coefficient (Wildman–Crippen LogP) is -4.12. The second kappa shape index (κ2) is 7.15. The number of carbonyl (C=O) groups is 4. The molecular weight excluding hydrogens is 610 g/mol. The van der Waals surface area contributed by atoms with Crippen molar-refractivity contribution in [3.05, 3.63) is 0 Å². The first-order chi connectivity index (χ1) is 10.4. The van der Waals surface area contributed by atoms with E-state index in [0.717, 1.165) is 0 Å². The Bertz CT molecular complexity index is 557. The smallest absolute Gasteiger partial charge is 0 e. The molecule has 24 heavy (non-hydrogen) atoms. The summed E-state index contributed by atoms with van der Waals surface area (Å²) in [7, 11) is 0. The fraction of sp³-hybridized carbons (Fsp3) is 0.500. The Balaban J connectivity index is 0.000000845. The molecule has 5 heterocycles. The van der Waals surface area contributed by atoms with Gasteiger partial charge in [-0.05, 0) is 0 Å². The molecule has 5 fully saturated rings. The van der Waals surface area contributed by atoms with Gasteiger partial charge in [-0.1, -0.05) is 0 Å². The molecule has 2 spiro atoms. The Morgan fingerprint density at radius 1 is 0.500 bits per heavy atom. The average Bonchev–Trinajstić information content (AvgIpc) is 3.09. The predicted molar refractivity (Wildman–Crippen MR) is 66.9 cm³/mol. The minimum Gasteiger partial charge on any atom is 0 e. The SMILES string of the molecule is O=C1[O][Sb]23[O]C(=O)C([O]2)C2[O][Sb]4([O]C(=O)C([O]4)C1[O]3)[O]C2=O.[K].[K]. The maximum absolute atomic E-state index is 11.9. The molecule has 0 aromatic carbocycles. The van der Waals surface area contributed by atoms with Crippen molar-refractivity contribution in [3.8, 4) is 0 Å². The molecule has 5 aliphatic rings. The Hall–Kier alpha value is 2.63. The molecule has 0 aliphatic carbocycles. The summed E-state index contributed by atoms with van der Waals surface area (Å²) in [4.78, 5) is 47.6. The van der Waals surface area contributed by atoms with Crippen molar-refractivity contribution in [3.63, 3.8) is 0 Å². The van der Waals surface area contributed by atoms with E-state index in [-0.39, 0.29) is 103 Å². The van der Waals surface area contributed by atoms with Crippen molar-refractivity contribution < 1.29 is 43.3 Å². The summed E-state index contributed by atoms with van der Waals surface area (Å²) in [5, 5.41) is 0. The van der Waals surface area contributed by atoms with E-state index >= 15 is 0 Å². The maximum Gasteiger partial charge on any atom is 0 e. The number of hydrogen-bond donors (Lipinski definition) is 0. The molecule has 6 bridgehead atoms. The van der Waals surface area contributed by atoms with Crippen LogP contribution in [0.5, 0.6) is 0 Å². The largest absolute Gasteiger partial charge is 0 e. The van der Waals surface area contributed by atoms with E-state index in [9.17, 15) is 19.2 Å². The van der Waals surface area contributed by atoms with Crippen LogP contribution in [0.4, 0.5) is 0 Å². The molecule has 0 amide bonds. The molecule has 0 N–H and O–H groups in total. The van der Waals surface area contributed by atoms with Crippen molar-refractivity contribution in [2.24, 2.45) is 0 Å². The first-order valence-corrected chi connectivity index (χ1v) is 14.2. The summed E-state index contributed by atoms with van der Waals surface area (Å²) < 4.78 is 41.0. The topological polar surface area (TPSA) is 142 Å². The van der Waals surface area contributed by atoms with Gasteiger partial charge >= 0.3 is 133 Å². The molecule has 4 atom stereocenters. The third-order valence-electron chi connectivity index (χ3n) is 3.26. The molecular formula is C8H4K2O12Sb2. The standard InChI is InChI=1S/2C4H4O6.2K.2Sb/c2*5-1(3(7)8)2(6)4(9)10;;;;/h2*1-2H,(H,7,8)(H,9,10);;;;/q2*-2;;;2*+4/p-4. The van der Waals surface area contributed by atoms with Gasteiger partial charge < -0.3 is 0 Å². The van der Waals surface area contributed by atoms with Crippen LogP contribution in [0.25, 0.3) is 0 Å². The zero-order valence-electron chi connectivity index (χ0n) is 12.1. The maximum atomic E-state index is 11.9. The Kier molecular flexibility index (Phi) is 6.36. The van der Waals surface area contributed by atoms with Crippen LogP contribution in [0.1, 0.15) is 0 Å². The molecule has 16 heteroatoms. The molecule has 4 unspecified atom stereocenters. The Labute approximate surface area is 230 Å². The monoisotopic (exact) mass is 612 g/mol. The summed E-state index contributed by atoms with van der Waals surface area (Å²) in [5.41, 5.74) is 0. The van der Waals surface area contributed by atoms with Gasteiger partial charge in [-0.15, -0.1) is 0 Å². The van der Waals surface area contributed by atoms with Gasteiger partial charge in [-0.2, -0.15) is 0 Å². The first-order valence-electron chi connectivity index (χ1n) is 5.86. The number of hydrogen-bond acceptors (Lipinski definition) is 12. The minimum absolute atomic E-state index is 0. The summed E-state index contributed by atoms with van der Waals surface area (Å²) in [6, 6.07) is 0. The van der Waals surface area contributed by atoms with E-state index in [0.29, 0.717) is 0 Å². The van der Waals surface area contributed by atoms with Crippen molar-refractivity contribution in [2.75, 3.05) is 0 Å². The zero-order valence-corrected chi connectivity index (χ0v) is 23.5. The second-order valence-electron chi connectivity index (χ2n) is 4.64. The van der Waals surface area contributed by atoms with Crippen molar-refractivity contribution in [1.29, 1.82) is 0 Å². The molecule has 0 aromatic rings. The fourth-order valence-corrected chi connectivity index (χ4v) is 13.0. The van der Waals surface area contributed by atoms with Gasteiger partial charge in [0.1, 0.15) is 0 Å². The number of carbonyl (C=O) groups excluding carboxylic acids is 4. The number of fused-ring (bicyclic) bond motifs is 6. The van der Waals surface area contributed by atoms with Crippen molar-refractivity contribution in [1.82, 2.24) is 0 Å². The van der Waals surface area contributed by atoms with Gasteiger partial charge in [0, 0.05) is 103 Å². The third-order valence-corrected chi connectivity index (χ3v) is 13.4. The van der Waals surface area contributed by atoms with Crippen LogP contribution in [0.15, 0.2) is 0 Å². The van der Waals surface area contributed by atoms with Crippen LogP contribution in [0.3, 0.4) is 0 Å². The van der Waals surface area contributed by atoms with Gasteiger partial charge in [0.25, 0.3) is 0 Å². The molecule has 0 aromatic heterocycles. The van der Waals surface area contributed by atoms with Crippen LogP contribution in [0, 0.1) is 0 Å². The van der Waals surface area contributed by atoms with Gasteiger partial charge in [0.2, 0.25) is 0 Å². The summed E-state index contributed by atoms with van der Waals surface area (Å²) >= 11 is -9.74. The minimum atomic E-state index is -4.87. The van der Waals surface area contributed by atoms with Crippen LogP contribution in [-0.4, -0.2) is 192 Å². The van der Waals surface area contributed by atoms with Gasteiger partial charge in [0.15, 0.2) is 0 Å².